The molecule has 160 valence electrons. The van der Waals surface area contributed by atoms with Crippen molar-refractivity contribution in [3.05, 3.63) is 52.8 Å². The van der Waals surface area contributed by atoms with Gasteiger partial charge in [0.1, 0.15) is 17.0 Å². The summed E-state index contributed by atoms with van der Waals surface area (Å²) in [4.78, 5) is 17.9. The highest BCUT2D eigenvalue weighted by atomic mass is 32.1. The first-order valence-electron chi connectivity index (χ1n) is 10.2. The van der Waals surface area contributed by atoms with Crippen LogP contribution in [-0.2, 0) is 11.3 Å². The first-order chi connectivity index (χ1) is 14.7. The van der Waals surface area contributed by atoms with Gasteiger partial charge in [0, 0.05) is 19.2 Å². The van der Waals surface area contributed by atoms with Gasteiger partial charge in [-0.25, -0.2) is 0 Å². The van der Waals surface area contributed by atoms with Gasteiger partial charge in [0.15, 0.2) is 4.80 Å². The van der Waals surface area contributed by atoms with E-state index in [2.05, 4.69) is 11.9 Å². The molecule has 0 unspecified atom stereocenters. The lowest BCUT2D eigenvalue weighted by atomic mass is 10.2. The molecule has 0 saturated carbocycles. The fourth-order valence-corrected chi connectivity index (χ4v) is 4.10. The van der Waals surface area contributed by atoms with Crippen LogP contribution in [0.1, 0.15) is 37.0 Å². The average Bonchev–Trinajstić information content (AvgIpc) is 3.11. The summed E-state index contributed by atoms with van der Waals surface area (Å²) in [6.07, 6.45) is 2.09. The molecule has 1 aromatic heterocycles. The van der Waals surface area contributed by atoms with Gasteiger partial charge in [-0.1, -0.05) is 30.7 Å². The lowest BCUT2D eigenvalue weighted by molar-refractivity contribution is 0.0997. The summed E-state index contributed by atoms with van der Waals surface area (Å²) in [6, 6.07) is 13.0. The van der Waals surface area contributed by atoms with Gasteiger partial charge in [-0.15, -0.1) is 0 Å². The van der Waals surface area contributed by atoms with E-state index in [4.69, 9.17) is 14.2 Å². The normalized spacial score (nSPS) is 11.8. The van der Waals surface area contributed by atoms with Crippen LogP contribution in [0.3, 0.4) is 0 Å². The Hall–Kier alpha value is -2.64. The Morgan fingerprint density at radius 1 is 1.07 bits per heavy atom. The number of carbonyl (C=O) groups is 1. The molecule has 1 heterocycles. The molecule has 0 N–H and O–H groups in total. The number of fused-ring (bicyclic) bond motifs is 1. The second kappa shape index (κ2) is 10.9. The summed E-state index contributed by atoms with van der Waals surface area (Å²) in [6.45, 7) is 6.41. The van der Waals surface area contributed by atoms with Crippen molar-refractivity contribution in [2.75, 3.05) is 26.9 Å². The molecule has 1 amide bonds. The van der Waals surface area contributed by atoms with Crippen molar-refractivity contribution in [3.8, 4) is 11.5 Å². The van der Waals surface area contributed by atoms with Crippen LogP contribution < -0.4 is 14.3 Å². The molecule has 0 bridgehead atoms. The number of methoxy groups -OCH3 is 1. The number of unbranched alkanes of at least 4 members (excludes halogenated alkanes) is 1. The smallest absolute Gasteiger partial charge is 0.279 e. The molecule has 2 aromatic carbocycles. The molecule has 0 aliphatic heterocycles. The van der Waals surface area contributed by atoms with Crippen molar-refractivity contribution in [2.45, 2.75) is 33.2 Å². The van der Waals surface area contributed by atoms with Crippen LogP contribution in [0.5, 0.6) is 11.5 Å². The van der Waals surface area contributed by atoms with Gasteiger partial charge in [0.05, 0.1) is 24.5 Å². The molecular weight excluding hydrogens is 400 g/mol. The predicted molar refractivity (Wildman–Crippen MR) is 120 cm³/mol. The van der Waals surface area contributed by atoms with Gasteiger partial charge in [0.25, 0.3) is 5.91 Å². The van der Waals surface area contributed by atoms with E-state index in [9.17, 15) is 4.79 Å². The number of thiazole rings is 1. The summed E-state index contributed by atoms with van der Waals surface area (Å²) in [5.41, 5.74) is 1.46. The van der Waals surface area contributed by atoms with Crippen molar-refractivity contribution in [2.24, 2.45) is 4.99 Å². The molecule has 0 aliphatic rings. The molecule has 3 aromatic rings. The van der Waals surface area contributed by atoms with Crippen molar-refractivity contribution in [1.29, 1.82) is 0 Å². The Morgan fingerprint density at radius 2 is 1.87 bits per heavy atom. The lowest BCUT2D eigenvalue weighted by Crippen LogP contribution is -2.19. The number of benzene rings is 2. The van der Waals surface area contributed by atoms with Crippen LogP contribution >= 0.6 is 11.3 Å². The zero-order valence-electron chi connectivity index (χ0n) is 17.7. The monoisotopic (exact) mass is 428 g/mol. The van der Waals surface area contributed by atoms with E-state index < -0.39 is 0 Å². The van der Waals surface area contributed by atoms with Gasteiger partial charge in [-0.3, -0.25) is 4.79 Å². The van der Waals surface area contributed by atoms with E-state index >= 15 is 0 Å². The number of amides is 1. The predicted octanol–water partition coefficient (Wildman–Crippen LogP) is 4.67. The highest BCUT2D eigenvalue weighted by molar-refractivity contribution is 7.16. The third-order valence-corrected chi connectivity index (χ3v) is 5.59. The second-order valence-corrected chi connectivity index (χ2v) is 7.72. The molecule has 0 spiro atoms. The van der Waals surface area contributed by atoms with E-state index in [0.717, 1.165) is 34.6 Å². The Balaban J connectivity index is 1.94. The number of carbonyl (C=O) groups excluding carboxylic acids is 1. The number of hydrogen-bond acceptors (Lipinski definition) is 5. The minimum atomic E-state index is -0.286. The maximum atomic E-state index is 12.8. The minimum Gasteiger partial charge on any atom is -0.494 e. The van der Waals surface area contributed by atoms with Crippen LogP contribution in [0.25, 0.3) is 10.2 Å². The summed E-state index contributed by atoms with van der Waals surface area (Å²) in [5, 5.41) is 0. The number of hydrogen-bond donors (Lipinski definition) is 0. The Labute approximate surface area is 180 Å². The van der Waals surface area contributed by atoms with E-state index in [1.54, 1.807) is 19.2 Å². The summed E-state index contributed by atoms with van der Waals surface area (Å²) >= 11 is 1.47. The molecule has 7 heteroatoms. The van der Waals surface area contributed by atoms with Gasteiger partial charge < -0.3 is 18.8 Å². The van der Waals surface area contributed by atoms with E-state index in [-0.39, 0.29) is 5.91 Å². The average molecular weight is 429 g/mol. The zero-order valence-corrected chi connectivity index (χ0v) is 18.5. The quantitative estimate of drug-likeness (QED) is 0.440. The van der Waals surface area contributed by atoms with Crippen molar-refractivity contribution >= 4 is 27.5 Å². The minimum absolute atomic E-state index is 0.286. The summed E-state index contributed by atoms with van der Waals surface area (Å²) < 4.78 is 19.7. The highest BCUT2D eigenvalue weighted by Crippen LogP contribution is 2.27. The maximum absolute atomic E-state index is 12.8. The SMILES string of the molecule is CCCCOc1ccc(C(=O)N=c2sc3cccc(OCC)c3n2CCOC)cc1. The topological polar surface area (TPSA) is 62.0 Å². The van der Waals surface area contributed by atoms with E-state index in [1.165, 1.54) is 11.3 Å². The van der Waals surface area contributed by atoms with Gasteiger partial charge in [0.2, 0.25) is 0 Å². The standard InChI is InChI=1S/C23H28N2O4S/c1-4-6-15-29-18-12-10-17(11-13-18)22(26)24-23-25(14-16-27-3)21-19(28-5-2)8-7-9-20(21)30-23/h7-13H,4-6,14-16H2,1-3H3. The second-order valence-electron chi connectivity index (χ2n) is 6.71. The van der Waals surface area contributed by atoms with E-state index in [0.29, 0.717) is 36.7 Å². The van der Waals surface area contributed by atoms with Gasteiger partial charge in [-0.05, 0) is 49.7 Å². The Bertz CT molecular complexity index is 1040. The van der Waals surface area contributed by atoms with Crippen LogP contribution in [0.15, 0.2) is 47.5 Å². The van der Waals surface area contributed by atoms with Crippen molar-refractivity contribution < 1.29 is 19.0 Å². The molecule has 30 heavy (non-hydrogen) atoms. The first-order valence-corrected chi connectivity index (χ1v) is 11.1. The van der Waals surface area contributed by atoms with Crippen LogP contribution in [-0.4, -0.2) is 37.4 Å². The van der Waals surface area contributed by atoms with Crippen molar-refractivity contribution in [1.82, 2.24) is 4.57 Å². The maximum Gasteiger partial charge on any atom is 0.279 e. The van der Waals surface area contributed by atoms with Crippen molar-refractivity contribution in [3.63, 3.8) is 0 Å². The number of ether oxygens (including phenoxy) is 3. The molecule has 6 nitrogen and oxygen atoms in total. The molecule has 0 aliphatic carbocycles. The lowest BCUT2D eigenvalue weighted by Gasteiger charge is -2.09. The van der Waals surface area contributed by atoms with Crippen LogP contribution in [0.2, 0.25) is 0 Å². The number of para-hydroxylation sites is 1. The van der Waals surface area contributed by atoms with Crippen LogP contribution in [0, 0.1) is 0 Å². The summed E-state index contributed by atoms with van der Waals surface area (Å²) in [7, 11) is 1.66. The third kappa shape index (κ3) is 5.29. The Kier molecular flexibility index (Phi) is 8.04. The molecular formula is C23H28N2O4S. The van der Waals surface area contributed by atoms with E-state index in [1.807, 2.05) is 41.8 Å². The Morgan fingerprint density at radius 3 is 2.57 bits per heavy atom. The fourth-order valence-electron chi connectivity index (χ4n) is 3.02. The number of aromatic nitrogens is 1. The number of rotatable bonds is 10. The molecule has 0 atom stereocenters. The molecule has 0 saturated heterocycles. The molecule has 0 fully saturated rings. The van der Waals surface area contributed by atoms with Crippen LogP contribution in [0.4, 0.5) is 0 Å². The summed E-state index contributed by atoms with van der Waals surface area (Å²) in [5.74, 6) is 1.26. The third-order valence-electron chi connectivity index (χ3n) is 4.55. The molecule has 3 rings (SSSR count). The van der Waals surface area contributed by atoms with Gasteiger partial charge >= 0.3 is 0 Å². The number of nitrogens with zero attached hydrogens (tertiary/aromatic N) is 2. The van der Waals surface area contributed by atoms with Gasteiger partial charge in [-0.2, -0.15) is 4.99 Å². The highest BCUT2D eigenvalue weighted by Gasteiger charge is 2.13. The first kappa shape index (κ1) is 22.1. The molecule has 0 radical (unpaired) electrons. The largest absolute Gasteiger partial charge is 0.494 e. The zero-order chi connectivity index (χ0) is 21.3. The fraction of sp³-hybridized carbons (Fsp3) is 0.391.